The first kappa shape index (κ1) is 18.7. The summed E-state index contributed by atoms with van der Waals surface area (Å²) in [6.45, 7) is 10.7. The molecule has 0 aromatic rings. The summed E-state index contributed by atoms with van der Waals surface area (Å²) in [6, 6.07) is 0.442. The van der Waals surface area contributed by atoms with E-state index in [2.05, 4.69) is 52.4 Å². The number of hydrogen-bond acceptors (Lipinski definition) is 1. The Kier molecular flexibility index (Phi) is 10.4. The van der Waals surface area contributed by atoms with Crippen LogP contribution in [-0.2, 0) is 0 Å². The van der Waals surface area contributed by atoms with Crippen LogP contribution in [0.25, 0.3) is 0 Å². The molecule has 0 N–H and O–H groups in total. The summed E-state index contributed by atoms with van der Waals surface area (Å²) >= 11 is 6.11. The van der Waals surface area contributed by atoms with Crippen LogP contribution in [0.2, 0.25) is 0 Å². The SMILES string of the molecule is C=C(C)C(CC(C)/C(=C\CCCCC)CCl)N(C)C. The van der Waals surface area contributed by atoms with Crippen LogP contribution in [0, 0.1) is 5.92 Å². The second-order valence-electron chi connectivity index (χ2n) is 5.87. The van der Waals surface area contributed by atoms with Gasteiger partial charge < -0.3 is 4.90 Å². The highest BCUT2D eigenvalue weighted by Gasteiger charge is 2.18. The third-order valence-corrected chi connectivity index (χ3v) is 4.08. The van der Waals surface area contributed by atoms with E-state index in [0.29, 0.717) is 17.8 Å². The predicted octanol–water partition coefficient (Wildman–Crippen LogP) is 5.26. The van der Waals surface area contributed by atoms with Gasteiger partial charge in [-0.15, -0.1) is 11.6 Å². The van der Waals surface area contributed by atoms with Gasteiger partial charge in [-0.25, -0.2) is 0 Å². The lowest BCUT2D eigenvalue weighted by molar-refractivity contribution is 0.293. The molecule has 0 amide bonds. The fourth-order valence-corrected chi connectivity index (χ4v) is 2.78. The van der Waals surface area contributed by atoms with Gasteiger partial charge >= 0.3 is 0 Å². The van der Waals surface area contributed by atoms with Crippen LogP contribution >= 0.6 is 11.6 Å². The Morgan fingerprint density at radius 1 is 1.32 bits per heavy atom. The van der Waals surface area contributed by atoms with E-state index in [9.17, 15) is 0 Å². The molecule has 0 aromatic carbocycles. The van der Waals surface area contributed by atoms with Gasteiger partial charge in [-0.2, -0.15) is 0 Å². The molecule has 2 atom stereocenters. The summed E-state index contributed by atoms with van der Waals surface area (Å²) in [6.07, 6.45) is 8.50. The second kappa shape index (κ2) is 10.5. The lowest BCUT2D eigenvalue weighted by Gasteiger charge is -2.28. The Balaban J connectivity index is 4.48. The van der Waals surface area contributed by atoms with Crippen molar-refractivity contribution >= 4 is 11.6 Å². The Hall–Kier alpha value is -0.270. The van der Waals surface area contributed by atoms with E-state index in [0.717, 1.165) is 6.42 Å². The molecule has 112 valence electrons. The zero-order valence-electron chi connectivity index (χ0n) is 13.5. The van der Waals surface area contributed by atoms with E-state index in [1.807, 2.05) is 0 Å². The zero-order chi connectivity index (χ0) is 14.8. The van der Waals surface area contributed by atoms with Crippen LogP contribution in [0.15, 0.2) is 23.8 Å². The van der Waals surface area contributed by atoms with Gasteiger partial charge in [0.05, 0.1) is 0 Å². The molecule has 1 nitrogen and oxygen atoms in total. The summed E-state index contributed by atoms with van der Waals surface area (Å²) in [5.41, 5.74) is 2.63. The minimum absolute atomic E-state index is 0.442. The molecular formula is C17H32ClN. The maximum absolute atomic E-state index is 6.11. The number of hydrogen-bond donors (Lipinski definition) is 0. The number of unbranched alkanes of at least 4 members (excludes halogenated alkanes) is 3. The second-order valence-corrected chi connectivity index (χ2v) is 6.14. The molecule has 0 aliphatic carbocycles. The molecule has 0 bridgehead atoms. The number of alkyl halides is 1. The molecule has 19 heavy (non-hydrogen) atoms. The number of likely N-dealkylation sites (N-methyl/N-ethyl adjacent to an activating group) is 1. The maximum Gasteiger partial charge on any atom is 0.0436 e. The highest BCUT2D eigenvalue weighted by atomic mass is 35.5. The molecule has 0 spiro atoms. The van der Waals surface area contributed by atoms with Crippen LogP contribution < -0.4 is 0 Å². The van der Waals surface area contributed by atoms with Gasteiger partial charge in [0.25, 0.3) is 0 Å². The first-order valence-electron chi connectivity index (χ1n) is 7.50. The van der Waals surface area contributed by atoms with Crippen molar-refractivity contribution in [2.45, 2.75) is 58.9 Å². The smallest absolute Gasteiger partial charge is 0.0436 e. The summed E-state index contributed by atoms with van der Waals surface area (Å²) in [5.74, 6) is 1.19. The van der Waals surface area contributed by atoms with Crippen molar-refractivity contribution < 1.29 is 0 Å². The standard InChI is InChI=1S/C17H32ClN/c1-7-8-9-10-11-16(13-18)15(4)12-17(14(2)3)19(5)6/h11,15,17H,2,7-10,12-13H2,1,3-6H3/b16-11-. The highest BCUT2D eigenvalue weighted by molar-refractivity contribution is 6.19. The summed E-state index contributed by atoms with van der Waals surface area (Å²) < 4.78 is 0. The average molecular weight is 286 g/mol. The number of rotatable bonds is 10. The van der Waals surface area contributed by atoms with Crippen molar-refractivity contribution in [2.75, 3.05) is 20.0 Å². The quantitative estimate of drug-likeness (QED) is 0.300. The summed E-state index contributed by atoms with van der Waals surface area (Å²) in [5, 5.41) is 0. The first-order valence-corrected chi connectivity index (χ1v) is 8.04. The monoisotopic (exact) mass is 285 g/mol. The lowest BCUT2D eigenvalue weighted by atomic mass is 9.90. The number of halogens is 1. The minimum Gasteiger partial charge on any atom is -0.303 e. The van der Waals surface area contributed by atoms with E-state index in [1.165, 1.54) is 36.8 Å². The van der Waals surface area contributed by atoms with Crippen molar-refractivity contribution in [1.29, 1.82) is 0 Å². The zero-order valence-corrected chi connectivity index (χ0v) is 14.3. The third kappa shape index (κ3) is 7.79. The first-order chi connectivity index (χ1) is 8.93. The highest BCUT2D eigenvalue weighted by Crippen LogP contribution is 2.23. The van der Waals surface area contributed by atoms with Crippen molar-refractivity contribution in [3.63, 3.8) is 0 Å². The molecule has 0 aliphatic rings. The average Bonchev–Trinajstić information content (AvgIpc) is 2.35. The molecule has 0 radical (unpaired) electrons. The van der Waals surface area contributed by atoms with Gasteiger partial charge in [0.1, 0.15) is 0 Å². The van der Waals surface area contributed by atoms with Crippen LogP contribution in [-0.4, -0.2) is 30.9 Å². The van der Waals surface area contributed by atoms with Gasteiger partial charge in [-0.05, 0) is 46.2 Å². The third-order valence-electron chi connectivity index (χ3n) is 3.77. The molecule has 0 aromatic heterocycles. The Morgan fingerprint density at radius 3 is 2.37 bits per heavy atom. The van der Waals surface area contributed by atoms with Gasteiger partial charge in [-0.1, -0.05) is 50.5 Å². The molecule has 0 rings (SSSR count). The molecular weight excluding hydrogens is 254 g/mol. The Bertz CT molecular complexity index is 281. The molecule has 2 heteroatoms. The van der Waals surface area contributed by atoms with E-state index >= 15 is 0 Å². The molecule has 0 fully saturated rings. The van der Waals surface area contributed by atoms with Gasteiger partial charge in [0.15, 0.2) is 0 Å². The fraction of sp³-hybridized carbons (Fsp3) is 0.765. The normalized spacial score (nSPS) is 15.6. The van der Waals surface area contributed by atoms with E-state index in [-0.39, 0.29) is 0 Å². The van der Waals surface area contributed by atoms with E-state index in [1.54, 1.807) is 0 Å². The molecule has 0 heterocycles. The largest absolute Gasteiger partial charge is 0.303 e. The molecule has 2 unspecified atom stereocenters. The topological polar surface area (TPSA) is 3.24 Å². The van der Waals surface area contributed by atoms with E-state index < -0.39 is 0 Å². The van der Waals surface area contributed by atoms with Crippen molar-refractivity contribution in [3.05, 3.63) is 23.8 Å². The number of allylic oxidation sites excluding steroid dienone is 2. The van der Waals surface area contributed by atoms with Crippen LogP contribution in [0.1, 0.15) is 52.9 Å². The van der Waals surface area contributed by atoms with Crippen molar-refractivity contribution in [3.8, 4) is 0 Å². The number of nitrogens with zero attached hydrogens (tertiary/aromatic N) is 1. The molecule has 0 saturated heterocycles. The minimum atomic E-state index is 0.442. The lowest BCUT2D eigenvalue weighted by Crippen LogP contribution is -2.31. The van der Waals surface area contributed by atoms with Crippen LogP contribution in [0.5, 0.6) is 0 Å². The predicted molar refractivity (Wildman–Crippen MR) is 89.0 cm³/mol. The molecule has 0 saturated carbocycles. The summed E-state index contributed by atoms with van der Waals surface area (Å²) in [4.78, 5) is 2.25. The Labute approximate surface area is 125 Å². The maximum atomic E-state index is 6.11. The van der Waals surface area contributed by atoms with Gasteiger partial charge in [0, 0.05) is 11.9 Å². The Morgan fingerprint density at radius 2 is 1.95 bits per heavy atom. The van der Waals surface area contributed by atoms with Gasteiger partial charge in [-0.3, -0.25) is 0 Å². The fourth-order valence-electron chi connectivity index (χ4n) is 2.41. The van der Waals surface area contributed by atoms with Crippen molar-refractivity contribution in [1.82, 2.24) is 4.90 Å². The van der Waals surface area contributed by atoms with Crippen molar-refractivity contribution in [2.24, 2.45) is 5.92 Å². The molecule has 0 aliphatic heterocycles. The van der Waals surface area contributed by atoms with Crippen LogP contribution in [0.3, 0.4) is 0 Å². The van der Waals surface area contributed by atoms with Gasteiger partial charge in [0.2, 0.25) is 0 Å². The van der Waals surface area contributed by atoms with Crippen LogP contribution in [0.4, 0.5) is 0 Å². The summed E-state index contributed by atoms with van der Waals surface area (Å²) in [7, 11) is 4.24. The van der Waals surface area contributed by atoms with E-state index in [4.69, 9.17) is 11.6 Å².